The van der Waals surface area contributed by atoms with E-state index in [1.165, 1.54) is 4.88 Å². The van der Waals surface area contributed by atoms with Crippen LogP contribution in [0.1, 0.15) is 11.8 Å². The highest BCUT2D eigenvalue weighted by Crippen LogP contribution is 2.21. The number of likely N-dealkylation sites (N-methyl/N-ethyl adjacent to an activating group) is 1. The topological polar surface area (TPSA) is 12.0 Å². The van der Waals surface area contributed by atoms with Gasteiger partial charge in [-0.2, -0.15) is 0 Å². The van der Waals surface area contributed by atoms with Crippen LogP contribution in [0.2, 0.25) is 4.34 Å². The lowest BCUT2D eigenvalue weighted by molar-refractivity contribution is 0.721. The summed E-state index contributed by atoms with van der Waals surface area (Å²) >= 11 is 7.43. The molecule has 0 amide bonds. The first kappa shape index (κ1) is 9.04. The molecule has 1 heterocycles. The Labute approximate surface area is 76.4 Å². The van der Waals surface area contributed by atoms with Crippen LogP contribution in [-0.4, -0.2) is 13.1 Å². The third-order valence-electron chi connectivity index (χ3n) is 1.43. The van der Waals surface area contributed by atoms with Gasteiger partial charge in [0.05, 0.1) is 4.34 Å². The maximum absolute atomic E-state index is 5.77. The number of halogens is 1. The second-order valence-electron chi connectivity index (χ2n) is 2.31. The van der Waals surface area contributed by atoms with Crippen molar-refractivity contribution in [3.8, 4) is 0 Å². The summed E-state index contributed by atoms with van der Waals surface area (Å²) in [6.07, 6.45) is 1.09. The van der Waals surface area contributed by atoms with Crippen LogP contribution in [0.3, 0.4) is 0 Å². The largest absolute Gasteiger partial charge is 0.317 e. The predicted molar refractivity (Wildman–Crippen MR) is 51.6 cm³/mol. The minimum atomic E-state index is 0.886. The molecule has 0 atom stereocenters. The highest BCUT2D eigenvalue weighted by atomic mass is 35.5. The number of nitrogens with one attached hydrogen (secondary N) is 1. The summed E-state index contributed by atoms with van der Waals surface area (Å²) in [5.74, 6) is 0. The molecule has 1 aromatic heterocycles. The molecule has 1 rings (SSSR count). The van der Waals surface area contributed by atoms with Crippen LogP contribution in [0.15, 0.2) is 12.1 Å². The fourth-order valence-electron chi connectivity index (χ4n) is 0.874. The van der Waals surface area contributed by atoms with E-state index in [2.05, 4.69) is 18.3 Å². The third-order valence-corrected chi connectivity index (χ3v) is 2.72. The molecule has 0 radical (unpaired) electrons. The van der Waals surface area contributed by atoms with E-state index in [-0.39, 0.29) is 0 Å². The van der Waals surface area contributed by atoms with Gasteiger partial charge < -0.3 is 5.32 Å². The van der Waals surface area contributed by atoms with Crippen molar-refractivity contribution in [1.29, 1.82) is 0 Å². The van der Waals surface area contributed by atoms with Crippen LogP contribution in [0.5, 0.6) is 0 Å². The van der Waals surface area contributed by atoms with Crippen molar-refractivity contribution in [2.24, 2.45) is 0 Å². The van der Waals surface area contributed by atoms with Crippen LogP contribution < -0.4 is 5.32 Å². The summed E-state index contributed by atoms with van der Waals surface area (Å²) in [5, 5.41) is 3.27. The third kappa shape index (κ3) is 3.23. The zero-order chi connectivity index (χ0) is 8.10. The molecule has 62 valence electrons. The van der Waals surface area contributed by atoms with Crippen molar-refractivity contribution < 1.29 is 0 Å². The number of hydrogen-bond acceptors (Lipinski definition) is 2. The molecule has 0 aromatic carbocycles. The molecule has 0 aliphatic carbocycles. The normalized spacial score (nSPS) is 10.4. The predicted octanol–water partition coefficient (Wildman–Crippen LogP) is 2.55. The molecule has 1 aromatic rings. The molecule has 0 bridgehead atoms. The van der Waals surface area contributed by atoms with E-state index in [0.29, 0.717) is 0 Å². The molecule has 0 unspecified atom stereocenters. The second kappa shape index (κ2) is 4.75. The van der Waals surface area contributed by atoms with E-state index in [0.717, 1.165) is 23.8 Å². The molecule has 0 saturated heterocycles. The van der Waals surface area contributed by atoms with Crippen LogP contribution in [0.25, 0.3) is 0 Å². The fourth-order valence-corrected chi connectivity index (χ4v) is 1.96. The molecule has 0 saturated carbocycles. The minimum absolute atomic E-state index is 0.886. The van der Waals surface area contributed by atoms with Gasteiger partial charge in [-0.25, -0.2) is 0 Å². The standard InChI is InChI=1S/C8H12ClNS/c1-2-10-6-5-7-3-4-8(9)11-7/h3-4,10H,2,5-6H2,1H3. The molecule has 11 heavy (non-hydrogen) atoms. The molecule has 0 spiro atoms. The number of rotatable bonds is 4. The Kier molecular flexibility index (Phi) is 3.91. The highest BCUT2D eigenvalue weighted by Gasteiger charge is 1.95. The highest BCUT2D eigenvalue weighted by molar-refractivity contribution is 7.16. The maximum atomic E-state index is 5.77. The zero-order valence-corrected chi connectivity index (χ0v) is 8.13. The van der Waals surface area contributed by atoms with Crippen molar-refractivity contribution in [3.63, 3.8) is 0 Å². The first-order chi connectivity index (χ1) is 5.33. The molecule has 0 aliphatic heterocycles. The van der Waals surface area contributed by atoms with Crippen molar-refractivity contribution in [3.05, 3.63) is 21.3 Å². The maximum Gasteiger partial charge on any atom is 0.0931 e. The SMILES string of the molecule is CCNCCc1ccc(Cl)s1. The second-order valence-corrected chi connectivity index (χ2v) is 4.11. The molecule has 0 fully saturated rings. The monoisotopic (exact) mass is 189 g/mol. The van der Waals surface area contributed by atoms with Gasteiger partial charge in [-0.15, -0.1) is 11.3 Å². The summed E-state index contributed by atoms with van der Waals surface area (Å²) in [4.78, 5) is 1.36. The minimum Gasteiger partial charge on any atom is -0.317 e. The van der Waals surface area contributed by atoms with Crippen molar-refractivity contribution in [2.75, 3.05) is 13.1 Å². The van der Waals surface area contributed by atoms with Gasteiger partial charge in [0.2, 0.25) is 0 Å². The Morgan fingerprint density at radius 1 is 1.55 bits per heavy atom. The molecule has 0 aliphatic rings. The van der Waals surface area contributed by atoms with Crippen LogP contribution in [0, 0.1) is 0 Å². The van der Waals surface area contributed by atoms with E-state index < -0.39 is 0 Å². The average molecular weight is 190 g/mol. The fraction of sp³-hybridized carbons (Fsp3) is 0.500. The molecule has 1 N–H and O–H groups in total. The Morgan fingerprint density at radius 2 is 2.36 bits per heavy atom. The molecule has 3 heteroatoms. The van der Waals surface area contributed by atoms with Gasteiger partial charge in [0.25, 0.3) is 0 Å². The first-order valence-electron chi connectivity index (χ1n) is 3.78. The summed E-state index contributed by atoms with van der Waals surface area (Å²) in [6, 6.07) is 4.04. The van der Waals surface area contributed by atoms with Gasteiger partial charge in [0, 0.05) is 4.88 Å². The van der Waals surface area contributed by atoms with Gasteiger partial charge in [0.1, 0.15) is 0 Å². The zero-order valence-electron chi connectivity index (χ0n) is 6.56. The number of hydrogen-bond donors (Lipinski definition) is 1. The lowest BCUT2D eigenvalue weighted by Gasteiger charge is -1.97. The molecular formula is C8H12ClNS. The Bertz CT molecular complexity index is 210. The van der Waals surface area contributed by atoms with Gasteiger partial charge >= 0.3 is 0 Å². The van der Waals surface area contributed by atoms with E-state index in [1.54, 1.807) is 11.3 Å². The van der Waals surface area contributed by atoms with Gasteiger partial charge in [-0.1, -0.05) is 18.5 Å². The number of thiophene rings is 1. The Hall–Kier alpha value is -0.0500. The van der Waals surface area contributed by atoms with E-state index in [4.69, 9.17) is 11.6 Å². The van der Waals surface area contributed by atoms with Crippen molar-refractivity contribution in [1.82, 2.24) is 5.32 Å². The van der Waals surface area contributed by atoms with Crippen LogP contribution in [0.4, 0.5) is 0 Å². The first-order valence-corrected chi connectivity index (χ1v) is 4.97. The van der Waals surface area contributed by atoms with E-state index in [9.17, 15) is 0 Å². The van der Waals surface area contributed by atoms with Crippen molar-refractivity contribution >= 4 is 22.9 Å². The van der Waals surface area contributed by atoms with Crippen LogP contribution in [-0.2, 0) is 6.42 Å². The van der Waals surface area contributed by atoms with E-state index in [1.807, 2.05) is 6.07 Å². The summed E-state index contributed by atoms with van der Waals surface area (Å²) in [5.41, 5.74) is 0. The van der Waals surface area contributed by atoms with E-state index >= 15 is 0 Å². The van der Waals surface area contributed by atoms with Gasteiger partial charge in [-0.3, -0.25) is 0 Å². The smallest absolute Gasteiger partial charge is 0.0931 e. The van der Waals surface area contributed by atoms with Crippen LogP contribution >= 0.6 is 22.9 Å². The lowest BCUT2D eigenvalue weighted by atomic mass is 10.3. The summed E-state index contributed by atoms with van der Waals surface area (Å²) in [7, 11) is 0. The molecule has 1 nitrogen and oxygen atoms in total. The van der Waals surface area contributed by atoms with Crippen molar-refractivity contribution in [2.45, 2.75) is 13.3 Å². The van der Waals surface area contributed by atoms with Gasteiger partial charge in [-0.05, 0) is 31.6 Å². The average Bonchev–Trinajstić information content (AvgIpc) is 2.37. The Morgan fingerprint density at radius 3 is 2.91 bits per heavy atom. The summed E-state index contributed by atoms with van der Waals surface area (Å²) < 4.78 is 0.886. The molecular weight excluding hydrogens is 178 g/mol. The quantitative estimate of drug-likeness (QED) is 0.718. The van der Waals surface area contributed by atoms with Gasteiger partial charge in [0.15, 0.2) is 0 Å². The Balaban J connectivity index is 2.27. The summed E-state index contributed by atoms with van der Waals surface area (Å²) in [6.45, 7) is 4.20. The lowest BCUT2D eigenvalue weighted by Crippen LogP contribution is -2.15.